The fourth-order valence-electron chi connectivity index (χ4n) is 4.84. The Balaban J connectivity index is 1.55. The number of aromatic nitrogens is 2. The third-order valence-electron chi connectivity index (χ3n) is 6.49. The van der Waals surface area contributed by atoms with Crippen molar-refractivity contribution >= 4 is 27.5 Å². The van der Waals surface area contributed by atoms with E-state index in [4.69, 9.17) is 0 Å². The average Bonchev–Trinajstić information content (AvgIpc) is 3.34. The Hall–Kier alpha value is -2.72. The van der Waals surface area contributed by atoms with Gasteiger partial charge in [-0.25, -0.2) is 8.42 Å². The van der Waals surface area contributed by atoms with Crippen LogP contribution in [0, 0.1) is 19.8 Å². The number of piperidine rings is 1. The number of rotatable bonds is 6. The molecule has 0 saturated carbocycles. The van der Waals surface area contributed by atoms with Crippen LogP contribution in [0.2, 0.25) is 0 Å². The number of carbonyl (C=O) groups is 2. The van der Waals surface area contributed by atoms with Gasteiger partial charge in [0, 0.05) is 31.9 Å². The SMILES string of the molecule is CCNC(=O)[C@H]1CCCN(S(=O)(=O)c2c(C)nn(CC(=O)N3CCc4ccccc43)c2C)C1. The van der Waals surface area contributed by atoms with Gasteiger partial charge in [-0.3, -0.25) is 14.3 Å². The monoisotopic (exact) mass is 473 g/mol. The van der Waals surface area contributed by atoms with E-state index in [-0.39, 0.29) is 35.7 Å². The Kier molecular flexibility index (Phi) is 6.58. The number of para-hydroxylation sites is 1. The molecule has 2 amide bonds. The molecule has 0 radical (unpaired) electrons. The highest BCUT2D eigenvalue weighted by molar-refractivity contribution is 7.89. The molecule has 0 unspecified atom stereocenters. The van der Waals surface area contributed by atoms with Gasteiger partial charge in [-0.05, 0) is 51.7 Å². The summed E-state index contributed by atoms with van der Waals surface area (Å²) in [6, 6.07) is 7.81. The molecule has 1 aromatic heterocycles. The van der Waals surface area contributed by atoms with Crippen molar-refractivity contribution in [3.8, 4) is 0 Å². The quantitative estimate of drug-likeness (QED) is 0.687. The van der Waals surface area contributed by atoms with E-state index in [1.807, 2.05) is 31.2 Å². The number of amides is 2. The van der Waals surface area contributed by atoms with Crippen molar-refractivity contribution in [2.24, 2.45) is 5.92 Å². The molecule has 33 heavy (non-hydrogen) atoms. The summed E-state index contributed by atoms with van der Waals surface area (Å²) in [4.78, 5) is 27.2. The minimum Gasteiger partial charge on any atom is -0.356 e. The van der Waals surface area contributed by atoms with Crippen molar-refractivity contribution in [1.29, 1.82) is 0 Å². The summed E-state index contributed by atoms with van der Waals surface area (Å²) in [5, 5.41) is 7.20. The molecular weight excluding hydrogens is 442 g/mol. The number of anilines is 1. The van der Waals surface area contributed by atoms with Gasteiger partial charge in [0.05, 0.1) is 17.3 Å². The maximum Gasteiger partial charge on any atom is 0.248 e. The highest BCUT2D eigenvalue weighted by atomic mass is 32.2. The summed E-state index contributed by atoms with van der Waals surface area (Å²) >= 11 is 0. The minimum absolute atomic E-state index is 0.0297. The zero-order valence-electron chi connectivity index (χ0n) is 19.4. The molecule has 1 N–H and O–H groups in total. The highest BCUT2D eigenvalue weighted by Gasteiger charge is 2.36. The van der Waals surface area contributed by atoms with Gasteiger partial charge in [0.25, 0.3) is 0 Å². The number of nitrogens with one attached hydrogen (secondary N) is 1. The minimum atomic E-state index is -3.84. The summed E-state index contributed by atoms with van der Waals surface area (Å²) in [6.45, 7) is 6.80. The van der Waals surface area contributed by atoms with Crippen molar-refractivity contribution in [2.75, 3.05) is 31.1 Å². The third-order valence-corrected chi connectivity index (χ3v) is 8.61. The van der Waals surface area contributed by atoms with Crippen LogP contribution in [0.5, 0.6) is 0 Å². The number of fused-ring (bicyclic) bond motifs is 1. The summed E-state index contributed by atoms with van der Waals surface area (Å²) < 4.78 is 29.9. The molecule has 0 bridgehead atoms. The third kappa shape index (κ3) is 4.41. The Bertz CT molecular complexity index is 1170. The first-order valence-corrected chi connectivity index (χ1v) is 12.9. The summed E-state index contributed by atoms with van der Waals surface area (Å²) in [5.74, 6) is -0.595. The first-order chi connectivity index (χ1) is 15.7. The van der Waals surface area contributed by atoms with Gasteiger partial charge >= 0.3 is 0 Å². The lowest BCUT2D eigenvalue weighted by Gasteiger charge is -2.31. The fraction of sp³-hybridized carbons (Fsp3) is 0.522. The largest absolute Gasteiger partial charge is 0.356 e. The number of nitrogens with zero attached hydrogens (tertiary/aromatic N) is 4. The van der Waals surface area contributed by atoms with Crippen molar-refractivity contribution < 1.29 is 18.0 Å². The van der Waals surface area contributed by atoms with E-state index < -0.39 is 10.0 Å². The lowest BCUT2D eigenvalue weighted by molar-refractivity contribution is -0.126. The standard InChI is InChI=1S/C23H31N5O4S/c1-4-24-23(30)19-9-7-12-26(14-19)33(31,32)22-16(2)25-28(17(22)3)15-21(29)27-13-11-18-8-5-6-10-20(18)27/h5-6,8,10,19H,4,7,9,11-15H2,1-3H3,(H,24,30)/t19-/m0/s1. The Morgan fingerprint density at radius 1 is 1.18 bits per heavy atom. The maximum absolute atomic E-state index is 13.5. The smallest absolute Gasteiger partial charge is 0.248 e. The second kappa shape index (κ2) is 9.26. The topological polar surface area (TPSA) is 105 Å². The van der Waals surface area contributed by atoms with E-state index in [2.05, 4.69) is 10.4 Å². The van der Waals surface area contributed by atoms with Gasteiger partial charge < -0.3 is 10.2 Å². The predicted molar refractivity (Wildman–Crippen MR) is 124 cm³/mol. The van der Waals surface area contributed by atoms with Gasteiger partial charge in [-0.15, -0.1) is 0 Å². The van der Waals surface area contributed by atoms with Crippen LogP contribution in [0.25, 0.3) is 0 Å². The second-order valence-electron chi connectivity index (χ2n) is 8.68. The van der Waals surface area contributed by atoms with E-state index in [1.165, 1.54) is 8.99 Å². The predicted octanol–water partition coefficient (Wildman–Crippen LogP) is 1.63. The number of hydrogen-bond acceptors (Lipinski definition) is 5. The van der Waals surface area contributed by atoms with Crippen molar-refractivity contribution in [3.05, 3.63) is 41.2 Å². The van der Waals surface area contributed by atoms with Crippen LogP contribution in [0.1, 0.15) is 36.7 Å². The van der Waals surface area contributed by atoms with Crippen LogP contribution in [0.3, 0.4) is 0 Å². The lowest BCUT2D eigenvalue weighted by Crippen LogP contribution is -2.45. The number of benzene rings is 1. The maximum atomic E-state index is 13.5. The van der Waals surface area contributed by atoms with E-state index in [9.17, 15) is 18.0 Å². The van der Waals surface area contributed by atoms with Gasteiger partial charge in [-0.1, -0.05) is 18.2 Å². The second-order valence-corrected chi connectivity index (χ2v) is 10.6. The molecule has 3 heterocycles. The van der Waals surface area contributed by atoms with Gasteiger partial charge in [0.2, 0.25) is 21.8 Å². The van der Waals surface area contributed by atoms with Crippen LogP contribution in [-0.2, 0) is 32.6 Å². The molecule has 4 rings (SSSR count). The van der Waals surface area contributed by atoms with Crippen molar-refractivity contribution in [3.63, 3.8) is 0 Å². The summed E-state index contributed by atoms with van der Waals surface area (Å²) in [6.07, 6.45) is 2.10. The average molecular weight is 474 g/mol. The number of carbonyl (C=O) groups excluding carboxylic acids is 2. The van der Waals surface area contributed by atoms with Crippen LogP contribution in [0.4, 0.5) is 5.69 Å². The van der Waals surface area contributed by atoms with Crippen LogP contribution >= 0.6 is 0 Å². The molecule has 1 saturated heterocycles. The summed E-state index contributed by atoms with van der Waals surface area (Å²) in [5.41, 5.74) is 2.84. The normalized spacial score (nSPS) is 18.9. The molecule has 1 atom stereocenters. The number of sulfonamides is 1. The Morgan fingerprint density at radius 3 is 2.70 bits per heavy atom. The first-order valence-electron chi connectivity index (χ1n) is 11.4. The molecule has 2 aromatic rings. The Labute approximate surface area is 194 Å². The molecule has 1 aromatic carbocycles. The number of hydrogen-bond donors (Lipinski definition) is 1. The Morgan fingerprint density at radius 2 is 1.94 bits per heavy atom. The van der Waals surface area contributed by atoms with E-state index in [0.29, 0.717) is 43.9 Å². The zero-order chi connectivity index (χ0) is 23.8. The van der Waals surface area contributed by atoms with E-state index in [1.54, 1.807) is 18.7 Å². The van der Waals surface area contributed by atoms with Gasteiger partial charge in [0.15, 0.2) is 0 Å². The molecule has 0 aliphatic carbocycles. The zero-order valence-corrected chi connectivity index (χ0v) is 20.2. The molecule has 2 aliphatic heterocycles. The fourth-order valence-corrected chi connectivity index (χ4v) is 6.74. The van der Waals surface area contributed by atoms with E-state index in [0.717, 1.165) is 17.7 Å². The number of aryl methyl sites for hydroxylation is 1. The molecule has 10 heteroatoms. The van der Waals surface area contributed by atoms with Crippen molar-refractivity contribution in [1.82, 2.24) is 19.4 Å². The first kappa shape index (κ1) is 23.4. The highest BCUT2D eigenvalue weighted by Crippen LogP contribution is 2.30. The molecular formula is C23H31N5O4S. The molecule has 178 valence electrons. The summed E-state index contributed by atoms with van der Waals surface area (Å²) in [7, 11) is -3.84. The van der Waals surface area contributed by atoms with Crippen molar-refractivity contribution in [2.45, 2.75) is 51.5 Å². The van der Waals surface area contributed by atoms with Crippen LogP contribution in [0.15, 0.2) is 29.2 Å². The molecule has 1 fully saturated rings. The van der Waals surface area contributed by atoms with Gasteiger partial charge in [0.1, 0.15) is 11.4 Å². The van der Waals surface area contributed by atoms with E-state index >= 15 is 0 Å². The van der Waals surface area contributed by atoms with Crippen LogP contribution in [-0.4, -0.2) is 60.5 Å². The van der Waals surface area contributed by atoms with Gasteiger partial charge in [-0.2, -0.15) is 9.40 Å². The lowest BCUT2D eigenvalue weighted by atomic mass is 9.99. The molecule has 9 nitrogen and oxygen atoms in total. The molecule has 2 aliphatic rings. The molecule has 0 spiro atoms. The van der Waals surface area contributed by atoms with Crippen LogP contribution < -0.4 is 10.2 Å².